The number of aliphatic hydroxyl groups excluding tert-OH is 1. The first-order valence-electron chi connectivity index (χ1n) is 7.90. The fourth-order valence-electron chi connectivity index (χ4n) is 2.78. The van der Waals surface area contributed by atoms with E-state index in [9.17, 15) is 5.11 Å². The van der Waals surface area contributed by atoms with Gasteiger partial charge in [-0.05, 0) is 37.9 Å². The van der Waals surface area contributed by atoms with E-state index >= 15 is 0 Å². The quantitative estimate of drug-likeness (QED) is 0.727. The molecule has 0 spiro atoms. The Morgan fingerprint density at radius 1 is 1.20 bits per heavy atom. The summed E-state index contributed by atoms with van der Waals surface area (Å²) in [6, 6.07) is 11.0. The monoisotopic (exact) mass is 276 g/mol. The fraction of sp³-hybridized carbons (Fsp3) is 0.647. The van der Waals surface area contributed by atoms with Gasteiger partial charge in [-0.25, -0.2) is 0 Å². The van der Waals surface area contributed by atoms with E-state index < -0.39 is 0 Å². The maximum absolute atomic E-state index is 10.1. The molecule has 0 aromatic heterocycles. The van der Waals surface area contributed by atoms with Gasteiger partial charge in [0.05, 0.1) is 12.1 Å². The molecule has 2 rings (SSSR count). The molecule has 0 radical (unpaired) electrons. The van der Waals surface area contributed by atoms with Crippen LogP contribution in [0, 0.1) is 0 Å². The maximum Gasteiger partial charge on any atom is 0.0683 e. The first kappa shape index (κ1) is 15.5. The van der Waals surface area contributed by atoms with Gasteiger partial charge in [-0.1, -0.05) is 44.2 Å². The Morgan fingerprint density at radius 3 is 2.35 bits per heavy atom. The molecule has 3 heteroatoms. The van der Waals surface area contributed by atoms with Gasteiger partial charge in [0.2, 0.25) is 0 Å². The summed E-state index contributed by atoms with van der Waals surface area (Å²) >= 11 is 0. The average Bonchev–Trinajstić information content (AvgIpc) is 3.32. The minimum atomic E-state index is -0.287. The van der Waals surface area contributed by atoms with E-state index in [4.69, 9.17) is 0 Å². The molecule has 112 valence electrons. The Balaban J connectivity index is 2.13. The first-order valence-corrected chi connectivity index (χ1v) is 7.90. The summed E-state index contributed by atoms with van der Waals surface area (Å²) in [4.78, 5) is 2.42. The molecule has 1 atom stereocenters. The van der Waals surface area contributed by atoms with Crippen molar-refractivity contribution in [1.29, 1.82) is 0 Å². The molecule has 1 aromatic carbocycles. The Hall–Kier alpha value is -0.900. The third kappa shape index (κ3) is 3.81. The van der Waals surface area contributed by atoms with Gasteiger partial charge in [-0.15, -0.1) is 0 Å². The molecule has 1 unspecified atom stereocenters. The van der Waals surface area contributed by atoms with Gasteiger partial charge in [0.15, 0.2) is 0 Å². The SMILES string of the molecule is CCN(CC)CCC(CO)(NC1CC1)c1ccccc1. The summed E-state index contributed by atoms with van der Waals surface area (Å²) in [6.45, 7) is 7.70. The third-order valence-electron chi connectivity index (χ3n) is 4.40. The topological polar surface area (TPSA) is 35.5 Å². The van der Waals surface area contributed by atoms with E-state index in [-0.39, 0.29) is 12.1 Å². The normalized spacial score (nSPS) is 18.2. The van der Waals surface area contributed by atoms with Crippen molar-refractivity contribution < 1.29 is 5.11 Å². The van der Waals surface area contributed by atoms with Crippen molar-refractivity contribution in [2.45, 2.75) is 44.7 Å². The van der Waals surface area contributed by atoms with E-state index in [2.05, 4.69) is 48.3 Å². The second kappa shape index (κ2) is 7.21. The second-order valence-electron chi connectivity index (χ2n) is 5.80. The maximum atomic E-state index is 10.1. The van der Waals surface area contributed by atoms with Crippen LogP contribution in [0.5, 0.6) is 0 Å². The van der Waals surface area contributed by atoms with Crippen LogP contribution in [0.4, 0.5) is 0 Å². The lowest BCUT2D eigenvalue weighted by Gasteiger charge is -2.36. The highest BCUT2D eigenvalue weighted by atomic mass is 16.3. The zero-order valence-corrected chi connectivity index (χ0v) is 12.8. The van der Waals surface area contributed by atoms with Crippen molar-refractivity contribution in [1.82, 2.24) is 10.2 Å². The van der Waals surface area contributed by atoms with Crippen LogP contribution >= 0.6 is 0 Å². The predicted molar refractivity (Wildman–Crippen MR) is 83.8 cm³/mol. The Bertz CT molecular complexity index is 387. The van der Waals surface area contributed by atoms with Gasteiger partial charge in [0.1, 0.15) is 0 Å². The number of aliphatic hydroxyl groups is 1. The second-order valence-corrected chi connectivity index (χ2v) is 5.80. The van der Waals surface area contributed by atoms with Crippen molar-refractivity contribution >= 4 is 0 Å². The van der Waals surface area contributed by atoms with E-state index in [1.807, 2.05) is 6.07 Å². The number of benzene rings is 1. The van der Waals surface area contributed by atoms with Crippen LogP contribution in [0.15, 0.2) is 30.3 Å². The van der Waals surface area contributed by atoms with Gasteiger partial charge in [0.25, 0.3) is 0 Å². The lowest BCUT2D eigenvalue weighted by molar-refractivity contribution is 0.132. The standard InChI is InChI=1S/C17H28N2O/c1-3-19(4-2)13-12-17(14-20,18-16-10-11-16)15-8-6-5-7-9-15/h5-9,16,18,20H,3-4,10-14H2,1-2H3. The molecule has 1 aliphatic rings. The van der Waals surface area contributed by atoms with Crippen LogP contribution in [0.25, 0.3) is 0 Å². The number of hydrogen-bond donors (Lipinski definition) is 2. The largest absolute Gasteiger partial charge is 0.394 e. The number of nitrogens with one attached hydrogen (secondary N) is 1. The molecule has 0 heterocycles. The first-order chi connectivity index (χ1) is 9.74. The lowest BCUT2D eigenvalue weighted by Crippen LogP contribution is -2.49. The number of hydrogen-bond acceptors (Lipinski definition) is 3. The Labute approximate surface area is 123 Å². The lowest BCUT2D eigenvalue weighted by atomic mass is 9.86. The molecule has 2 N–H and O–H groups in total. The van der Waals surface area contributed by atoms with Gasteiger partial charge < -0.3 is 15.3 Å². The summed E-state index contributed by atoms with van der Waals surface area (Å²) in [5, 5.41) is 13.8. The van der Waals surface area contributed by atoms with Crippen LogP contribution < -0.4 is 5.32 Å². The molecule has 3 nitrogen and oxygen atoms in total. The zero-order chi connectivity index (χ0) is 14.4. The highest BCUT2D eigenvalue weighted by molar-refractivity contribution is 5.25. The minimum absolute atomic E-state index is 0.161. The zero-order valence-electron chi connectivity index (χ0n) is 12.8. The van der Waals surface area contributed by atoms with Crippen molar-refractivity contribution in [2.75, 3.05) is 26.2 Å². The molecular formula is C17H28N2O. The summed E-state index contributed by atoms with van der Waals surface area (Å²) < 4.78 is 0. The molecular weight excluding hydrogens is 248 g/mol. The highest BCUT2D eigenvalue weighted by Gasteiger charge is 2.37. The van der Waals surface area contributed by atoms with Gasteiger partial charge in [-0.3, -0.25) is 0 Å². The van der Waals surface area contributed by atoms with Crippen LogP contribution in [0.1, 0.15) is 38.7 Å². The van der Waals surface area contributed by atoms with E-state index in [0.29, 0.717) is 6.04 Å². The molecule has 20 heavy (non-hydrogen) atoms. The van der Waals surface area contributed by atoms with Crippen molar-refractivity contribution in [3.8, 4) is 0 Å². The molecule has 1 fully saturated rings. The number of nitrogens with zero attached hydrogens (tertiary/aromatic N) is 1. The third-order valence-corrected chi connectivity index (χ3v) is 4.40. The summed E-state index contributed by atoms with van der Waals surface area (Å²) in [5.41, 5.74) is 0.923. The van der Waals surface area contributed by atoms with Gasteiger partial charge in [-0.2, -0.15) is 0 Å². The molecule has 0 saturated heterocycles. The number of rotatable bonds is 9. The summed E-state index contributed by atoms with van der Waals surface area (Å²) in [5.74, 6) is 0. The summed E-state index contributed by atoms with van der Waals surface area (Å²) in [7, 11) is 0. The van der Waals surface area contributed by atoms with Crippen LogP contribution in [-0.4, -0.2) is 42.3 Å². The van der Waals surface area contributed by atoms with Crippen LogP contribution in [-0.2, 0) is 5.54 Å². The minimum Gasteiger partial charge on any atom is -0.394 e. The predicted octanol–water partition coefficient (Wildman–Crippen LogP) is 2.36. The van der Waals surface area contributed by atoms with Crippen molar-refractivity contribution in [3.63, 3.8) is 0 Å². The van der Waals surface area contributed by atoms with Crippen molar-refractivity contribution in [3.05, 3.63) is 35.9 Å². The molecule has 1 aromatic rings. The van der Waals surface area contributed by atoms with E-state index in [0.717, 1.165) is 26.1 Å². The highest BCUT2D eigenvalue weighted by Crippen LogP contribution is 2.31. The van der Waals surface area contributed by atoms with E-state index in [1.165, 1.54) is 18.4 Å². The van der Waals surface area contributed by atoms with Crippen molar-refractivity contribution in [2.24, 2.45) is 0 Å². The van der Waals surface area contributed by atoms with Gasteiger partial charge >= 0.3 is 0 Å². The van der Waals surface area contributed by atoms with Gasteiger partial charge in [0, 0.05) is 12.6 Å². The molecule has 0 aliphatic heterocycles. The van der Waals surface area contributed by atoms with Crippen LogP contribution in [0.2, 0.25) is 0 Å². The Morgan fingerprint density at radius 2 is 1.85 bits per heavy atom. The molecule has 0 amide bonds. The van der Waals surface area contributed by atoms with E-state index in [1.54, 1.807) is 0 Å². The molecule has 1 saturated carbocycles. The smallest absolute Gasteiger partial charge is 0.0683 e. The molecule has 1 aliphatic carbocycles. The Kier molecular flexibility index (Phi) is 5.58. The fourth-order valence-corrected chi connectivity index (χ4v) is 2.78. The molecule has 0 bridgehead atoms. The van der Waals surface area contributed by atoms with Crippen LogP contribution in [0.3, 0.4) is 0 Å². The average molecular weight is 276 g/mol. The summed E-state index contributed by atoms with van der Waals surface area (Å²) in [6.07, 6.45) is 3.42.